The van der Waals surface area contributed by atoms with Gasteiger partial charge in [-0.15, -0.1) is 0 Å². The molecule has 0 aliphatic rings. The number of aromatic nitrogens is 5. The summed E-state index contributed by atoms with van der Waals surface area (Å²) in [4.78, 5) is 16.4. The number of fused-ring (bicyclic) bond motifs is 1. The van der Waals surface area contributed by atoms with Crippen LogP contribution in [0.3, 0.4) is 0 Å². The summed E-state index contributed by atoms with van der Waals surface area (Å²) in [6, 6.07) is 2.90. The molecule has 28 heavy (non-hydrogen) atoms. The van der Waals surface area contributed by atoms with Crippen molar-refractivity contribution in [1.29, 1.82) is 0 Å². The predicted octanol–water partition coefficient (Wildman–Crippen LogP) is 2.78. The number of hydrogen-bond acceptors (Lipinski definition) is 4. The third-order valence-electron chi connectivity index (χ3n) is 4.40. The Labute approximate surface area is 159 Å². The normalized spacial score (nSPS) is 11.9. The second kappa shape index (κ2) is 7.61. The van der Waals surface area contributed by atoms with E-state index in [1.165, 1.54) is 18.5 Å². The molecule has 0 bridgehead atoms. The van der Waals surface area contributed by atoms with Crippen molar-refractivity contribution in [3.63, 3.8) is 0 Å². The highest BCUT2D eigenvalue weighted by atomic mass is 19.4. The molecule has 150 valence electrons. The van der Waals surface area contributed by atoms with Crippen molar-refractivity contribution in [2.24, 2.45) is 0 Å². The Bertz CT molecular complexity index is 1000. The first-order valence-electron chi connectivity index (χ1n) is 8.84. The van der Waals surface area contributed by atoms with Gasteiger partial charge in [0.05, 0.1) is 16.6 Å². The molecule has 3 aromatic rings. The fourth-order valence-corrected chi connectivity index (χ4v) is 3.09. The number of nitrogens with one attached hydrogen (secondary N) is 1. The van der Waals surface area contributed by atoms with Crippen LogP contribution in [0.25, 0.3) is 11.0 Å². The number of alkyl halides is 3. The first-order chi connectivity index (χ1) is 13.2. The van der Waals surface area contributed by atoms with Crippen molar-refractivity contribution in [3.05, 3.63) is 41.0 Å². The number of nitrogens with zero attached hydrogens (tertiary/aromatic N) is 5. The summed E-state index contributed by atoms with van der Waals surface area (Å²) in [6.45, 7) is 5.81. The van der Waals surface area contributed by atoms with Gasteiger partial charge in [0, 0.05) is 30.7 Å². The van der Waals surface area contributed by atoms with Crippen LogP contribution in [-0.4, -0.2) is 37.0 Å². The van der Waals surface area contributed by atoms with Crippen LogP contribution in [0.1, 0.15) is 29.1 Å². The predicted molar refractivity (Wildman–Crippen MR) is 96.6 cm³/mol. The Morgan fingerprint density at radius 3 is 2.61 bits per heavy atom. The highest BCUT2D eigenvalue weighted by molar-refractivity contribution is 5.85. The van der Waals surface area contributed by atoms with Gasteiger partial charge in [0.1, 0.15) is 6.54 Å². The summed E-state index contributed by atoms with van der Waals surface area (Å²) in [5, 5.41) is 11.0. The number of halogens is 3. The molecular formula is C18H21F3N6O. The average molecular weight is 394 g/mol. The minimum atomic E-state index is -4.52. The van der Waals surface area contributed by atoms with Gasteiger partial charge in [-0.3, -0.25) is 9.48 Å². The Balaban J connectivity index is 1.69. The third kappa shape index (κ3) is 4.15. The van der Waals surface area contributed by atoms with Crippen LogP contribution in [-0.2, 0) is 24.1 Å². The number of carbonyl (C=O) groups excluding carboxylic acids is 1. The molecule has 0 unspecified atom stereocenters. The van der Waals surface area contributed by atoms with Crippen molar-refractivity contribution in [2.45, 2.75) is 46.5 Å². The van der Waals surface area contributed by atoms with E-state index in [0.29, 0.717) is 19.5 Å². The molecule has 7 nitrogen and oxygen atoms in total. The summed E-state index contributed by atoms with van der Waals surface area (Å²) in [6.07, 6.45) is -2.12. The lowest BCUT2D eigenvalue weighted by molar-refractivity contribution is -0.136. The second-order valence-corrected chi connectivity index (χ2v) is 6.65. The van der Waals surface area contributed by atoms with E-state index in [4.69, 9.17) is 0 Å². The van der Waals surface area contributed by atoms with Crippen molar-refractivity contribution in [3.8, 4) is 0 Å². The van der Waals surface area contributed by atoms with E-state index in [-0.39, 0.29) is 34.9 Å². The van der Waals surface area contributed by atoms with Crippen LogP contribution >= 0.6 is 0 Å². The zero-order valence-electron chi connectivity index (χ0n) is 15.8. The van der Waals surface area contributed by atoms with E-state index in [1.54, 1.807) is 6.20 Å². The smallest absolute Gasteiger partial charge is 0.354 e. The highest BCUT2D eigenvalue weighted by Gasteiger charge is 2.35. The second-order valence-electron chi connectivity index (χ2n) is 6.65. The number of hydrogen-bond donors (Lipinski definition) is 1. The topological polar surface area (TPSA) is 77.6 Å². The maximum Gasteiger partial charge on any atom is 0.417 e. The zero-order chi connectivity index (χ0) is 20.5. The monoisotopic (exact) mass is 394 g/mol. The summed E-state index contributed by atoms with van der Waals surface area (Å²) in [5.41, 5.74) is 0.723. The molecule has 1 amide bonds. The standard InChI is InChI=1S/C18H21F3N6O/c1-11-9-14(18(19,20)21)16-13(3)25-27(17(16)24-11)10-15(28)22-6-4-8-26-12(2)5-7-23-26/h5,7,9H,4,6,8,10H2,1-3H3,(H,22,28). The minimum Gasteiger partial charge on any atom is -0.354 e. The van der Waals surface area contributed by atoms with Gasteiger partial charge in [-0.05, 0) is 39.3 Å². The third-order valence-corrected chi connectivity index (χ3v) is 4.40. The maximum absolute atomic E-state index is 13.3. The number of aryl methyl sites for hydroxylation is 4. The molecule has 0 fully saturated rings. The molecule has 1 N–H and O–H groups in total. The van der Waals surface area contributed by atoms with Crippen molar-refractivity contribution in [1.82, 2.24) is 29.9 Å². The van der Waals surface area contributed by atoms with Crippen molar-refractivity contribution >= 4 is 16.9 Å². The largest absolute Gasteiger partial charge is 0.417 e. The number of carbonyl (C=O) groups is 1. The zero-order valence-corrected chi connectivity index (χ0v) is 15.8. The summed E-state index contributed by atoms with van der Waals surface area (Å²) >= 11 is 0. The fourth-order valence-electron chi connectivity index (χ4n) is 3.09. The van der Waals surface area contributed by atoms with Crippen molar-refractivity contribution < 1.29 is 18.0 Å². The molecule has 10 heteroatoms. The number of rotatable bonds is 6. The van der Waals surface area contributed by atoms with Crippen molar-refractivity contribution in [2.75, 3.05) is 6.54 Å². The summed E-state index contributed by atoms with van der Waals surface area (Å²) in [5.74, 6) is -0.335. The Morgan fingerprint density at radius 2 is 1.96 bits per heavy atom. The van der Waals surface area contributed by atoms with Gasteiger partial charge in [0.2, 0.25) is 5.91 Å². The Morgan fingerprint density at radius 1 is 1.21 bits per heavy atom. The highest BCUT2D eigenvalue weighted by Crippen LogP contribution is 2.36. The molecule has 0 spiro atoms. The Hall–Kier alpha value is -2.91. The molecule has 3 aromatic heterocycles. The van der Waals surface area contributed by atoms with Gasteiger partial charge in [0.15, 0.2) is 5.65 Å². The molecule has 0 saturated carbocycles. The summed E-state index contributed by atoms with van der Waals surface area (Å²) < 4.78 is 43.1. The number of pyridine rings is 1. The quantitative estimate of drug-likeness (QED) is 0.652. The molecule has 3 heterocycles. The van der Waals surface area contributed by atoms with Gasteiger partial charge >= 0.3 is 6.18 Å². The van der Waals surface area contributed by atoms with E-state index in [2.05, 4.69) is 20.5 Å². The van der Waals surface area contributed by atoms with Crippen LogP contribution < -0.4 is 5.32 Å². The lowest BCUT2D eigenvalue weighted by Gasteiger charge is -2.10. The van der Waals surface area contributed by atoms with E-state index in [1.807, 2.05) is 17.7 Å². The van der Waals surface area contributed by atoms with Crippen LogP contribution in [0.2, 0.25) is 0 Å². The maximum atomic E-state index is 13.3. The average Bonchev–Trinajstić information content (AvgIpc) is 3.14. The molecule has 0 aromatic carbocycles. The lowest BCUT2D eigenvalue weighted by atomic mass is 10.1. The van der Waals surface area contributed by atoms with Crippen LogP contribution in [0, 0.1) is 20.8 Å². The van der Waals surface area contributed by atoms with Crippen LogP contribution in [0.4, 0.5) is 13.2 Å². The van der Waals surface area contributed by atoms with Gasteiger partial charge < -0.3 is 5.32 Å². The molecule has 0 aliphatic carbocycles. The van der Waals surface area contributed by atoms with Gasteiger partial charge in [-0.25, -0.2) is 9.67 Å². The van der Waals surface area contributed by atoms with Gasteiger partial charge in [0.25, 0.3) is 0 Å². The van der Waals surface area contributed by atoms with E-state index in [0.717, 1.165) is 11.8 Å². The molecule has 3 rings (SSSR count). The molecule has 0 aliphatic heterocycles. The summed E-state index contributed by atoms with van der Waals surface area (Å²) in [7, 11) is 0. The van der Waals surface area contributed by atoms with Gasteiger partial charge in [-0.1, -0.05) is 0 Å². The SMILES string of the molecule is Cc1cc(C(F)(F)F)c2c(C)nn(CC(=O)NCCCn3nccc3C)c2n1. The van der Waals surface area contributed by atoms with E-state index in [9.17, 15) is 18.0 Å². The first-order valence-corrected chi connectivity index (χ1v) is 8.84. The van der Waals surface area contributed by atoms with Crippen LogP contribution in [0.15, 0.2) is 18.3 Å². The molecular weight excluding hydrogens is 373 g/mol. The molecule has 0 atom stereocenters. The van der Waals surface area contributed by atoms with Crippen LogP contribution in [0.5, 0.6) is 0 Å². The minimum absolute atomic E-state index is 0.0622. The fraction of sp³-hybridized carbons (Fsp3) is 0.444. The molecule has 0 radical (unpaired) electrons. The molecule has 0 saturated heterocycles. The lowest BCUT2D eigenvalue weighted by Crippen LogP contribution is -2.29. The first kappa shape index (κ1) is 19.8. The number of amides is 1. The Kier molecular flexibility index (Phi) is 5.39. The van der Waals surface area contributed by atoms with E-state index < -0.39 is 11.7 Å². The van der Waals surface area contributed by atoms with E-state index >= 15 is 0 Å². The van der Waals surface area contributed by atoms with Gasteiger partial charge in [-0.2, -0.15) is 23.4 Å².